The molecule has 0 aromatic heterocycles. The predicted octanol–water partition coefficient (Wildman–Crippen LogP) is 4.06. The number of allylic oxidation sites excluding steroid dienone is 8. The van der Waals surface area contributed by atoms with Crippen LogP contribution >= 0.6 is 0 Å². The van der Waals surface area contributed by atoms with Crippen LogP contribution in [0.2, 0.25) is 0 Å². The van der Waals surface area contributed by atoms with Gasteiger partial charge in [0.25, 0.3) is 0 Å². The van der Waals surface area contributed by atoms with Crippen LogP contribution in [0.3, 0.4) is 0 Å². The second kappa shape index (κ2) is 4.61. The summed E-state index contributed by atoms with van der Waals surface area (Å²) < 4.78 is 0. The van der Waals surface area contributed by atoms with E-state index in [1.165, 1.54) is 16.7 Å². The maximum absolute atomic E-state index is 2.16. The molecule has 0 N–H and O–H groups in total. The van der Waals surface area contributed by atoms with E-state index in [4.69, 9.17) is 0 Å². The van der Waals surface area contributed by atoms with Crippen molar-refractivity contribution in [2.24, 2.45) is 0 Å². The molecule has 0 bridgehead atoms. The molecule has 0 amide bonds. The van der Waals surface area contributed by atoms with Gasteiger partial charge in [-0.25, -0.2) is 0 Å². The zero-order chi connectivity index (χ0) is 10.5. The van der Waals surface area contributed by atoms with Crippen LogP contribution in [0.15, 0.2) is 66.8 Å². The van der Waals surface area contributed by atoms with Crippen molar-refractivity contribution < 1.29 is 0 Å². The number of hydrogen-bond acceptors (Lipinski definition) is 0. The second-order valence-electron chi connectivity index (χ2n) is 3.62. The van der Waals surface area contributed by atoms with Crippen LogP contribution in [-0.2, 0) is 0 Å². The van der Waals surface area contributed by atoms with E-state index in [2.05, 4.69) is 55.5 Å². The van der Waals surface area contributed by atoms with Crippen LogP contribution in [0.1, 0.15) is 11.1 Å². The molecule has 74 valence electrons. The lowest BCUT2D eigenvalue weighted by molar-refractivity contribution is 1.45. The van der Waals surface area contributed by atoms with Gasteiger partial charge in [0.05, 0.1) is 0 Å². The quantitative estimate of drug-likeness (QED) is 0.632. The van der Waals surface area contributed by atoms with Gasteiger partial charge >= 0.3 is 0 Å². The van der Waals surface area contributed by atoms with Crippen molar-refractivity contribution in [3.63, 3.8) is 0 Å². The molecule has 0 fully saturated rings. The lowest BCUT2D eigenvalue weighted by Gasteiger charge is -2.02. The SMILES string of the molecule is Cc1ccc(C2=C/C=C\C=C/C=C\2)cc1. The fourth-order valence-electron chi connectivity index (χ4n) is 1.50. The van der Waals surface area contributed by atoms with Gasteiger partial charge < -0.3 is 0 Å². The molecule has 1 aliphatic rings. The van der Waals surface area contributed by atoms with Crippen molar-refractivity contribution in [2.75, 3.05) is 0 Å². The van der Waals surface area contributed by atoms with E-state index in [1.54, 1.807) is 0 Å². The molecule has 0 heteroatoms. The average Bonchev–Trinajstić information content (AvgIpc) is 2.19. The number of hydrogen-bond donors (Lipinski definition) is 0. The molecular weight excluding hydrogens is 180 g/mol. The number of aryl methyl sites for hydroxylation is 1. The Kier molecular flexibility index (Phi) is 2.99. The zero-order valence-electron chi connectivity index (χ0n) is 8.85. The molecule has 0 aliphatic heterocycles. The first-order chi connectivity index (χ1) is 7.36. The lowest BCUT2D eigenvalue weighted by Crippen LogP contribution is -1.81. The molecular formula is C15H14. The number of rotatable bonds is 1. The summed E-state index contributed by atoms with van der Waals surface area (Å²) in [4.78, 5) is 0. The van der Waals surface area contributed by atoms with Crippen LogP contribution in [0.5, 0.6) is 0 Å². The van der Waals surface area contributed by atoms with Crippen LogP contribution in [0.25, 0.3) is 5.57 Å². The van der Waals surface area contributed by atoms with Crippen molar-refractivity contribution >= 4 is 5.57 Å². The Morgan fingerprint density at radius 1 is 0.733 bits per heavy atom. The third-order valence-electron chi connectivity index (χ3n) is 2.38. The van der Waals surface area contributed by atoms with Crippen LogP contribution in [-0.4, -0.2) is 0 Å². The fourth-order valence-corrected chi connectivity index (χ4v) is 1.50. The topological polar surface area (TPSA) is 0 Å². The molecule has 15 heavy (non-hydrogen) atoms. The highest BCUT2D eigenvalue weighted by atomic mass is 14.0. The average molecular weight is 194 g/mol. The van der Waals surface area contributed by atoms with Crippen LogP contribution < -0.4 is 0 Å². The Bertz CT molecular complexity index is 439. The monoisotopic (exact) mass is 194 g/mol. The first-order valence-electron chi connectivity index (χ1n) is 5.15. The molecule has 2 rings (SSSR count). The van der Waals surface area contributed by atoms with Crippen molar-refractivity contribution in [2.45, 2.75) is 6.92 Å². The van der Waals surface area contributed by atoms with Gasteiger partial charge in [-0.2, -0.15) is 0 Å². The standard InChI is InChI=1S/C15H14/c1-13-9-11-15(12-10-13)14-7-5-3-2-4-6-8-14/h2-12H,1H3/b3-2-,4-2?,5-3?,6-4-,7-5-,8-6?,14-7?,14-8+. The number of benzene rings is 1. The molecule has 0 unspecified atom stereocenters. The smallest absolute Gasteiger partial charge is 0.0184 e. The molecule has 1 aliphatic carbocycles. The van der Waals surface area contributed by atoms with Gasteiger partial charge in [-0.15, -0.1) is 0 Å². The Morgan fingerprint density at radius 3 is 2.20 bits per heavy atom. The van der Waals surface area contributed by atoms with E-state index in [1.807, 2.05) is 18.2 Å². The van der Waals surface area contributed by atoms with Crippen molar-refractivity contribution in [1.29, 1.82) is 0 Å². The van der Waals surface area contributed by atoms with Gasteiger partial charge in [0, 0.05) is 0 Å². The van der Waals surface area contributed by atoms with Crippen molar-refractivity contribution in [3.05, 3.63) is 77.9 Å². The van der Waals surface area contributed by atoms with Gasteiger partial charge in [0.2, 0.25) is 0 Å². The molecule has 0 nitrogen and oxygen atoms in total. The summed E-state index contributed by atoms with van der Waals surface area (Å²) in [5, 5.41) is 0. The largest absolute Gasteiger partial charge is 0.0623 e. The zero-order valence-corrected chi connectivity index (χ0v) is 8.85. The Morgan fingerprint density at radius 2 is 1.40 bits per heavy atom. The first kappa shape index (κ1) is 9.72. The third-order valence-corrected chi connectivity index (χ3v) is 2.38. The maximum atomic E-state index is 2.16. The lowest BCUT2D eigenvalue weighted by atomic mass is 10.0. The molecule has 1 aromatic carbocycles. The summed E-state index contributed by atoms with van der Waals surface area (Å²) in [5.41, 5.74) is 3.80. The molecule has 1 aromatic rings. The third kappa shape index (κ3) is 2.57. The highest BCUT2D eigenvalue weighted by molar-refractivity contribution is 5.75. The van der Waals surface area contributed by atoms with Crippen molar-refractivity contribution in [1.82, 2.24) is 0 Å². The normalized spacial score (nSPS) is 24.5. The summed E-state index contributed by atoms with van der Waals surface area (Å²) in [7, 11) is 0. The molecule has 0 saturated carbocycles. The minimum Gasteiger partial charge on any atom is -0.0623 e. The van der Waals surface area contributed by atoms with Crippen LogP contribution in [0.4, 0.5) is 0 Å². The molecule has 0 saturated heterocycles. The highest BCUT2D eigenvalue weighted by Gasteiger charge is 1.96. The molecule has 0 radical (unpaired) electrons. The predicted molar refractivity (Wildman–Crippen MR) is 66.6 cm³/mol. The Balaban J connectivity index is 2.34. The van der Waals surface area contributed by atoms with Gasteiger partial charge in [0.15, 0.2) is 0 Å². The Hall–Kier alpha value is -1.82. The molecule has 0 heterocycles. The van der Waals surface area contributed by atoms with E-state index < -0.39 is 0 Å². The Labute approximate surface area is 91.0 Å². The van der Waals surface area contributed by atoms with E-state index in [9.17, 15) is 0 Å². The van der Waals surface area contributed by atoms with Gasteiger partial charge in [0.1, 0.15) is 0 Å². The summed E-state index contributed by atoms with van der Waals surface area (Å²) in [6.45, 7) is 2.11. The van der Waals surface area contributed by atoms with Gasteiger partial charge in [-0.05, 0) is 18.1 Å². The van der Waals surface area contributed by atoms with E-state index in [0.717, 1.165) is 0 Å². The minimum absolute atomic E-state index is 1.25. The maximum Gasteiger partial charge on any atom is -0.0184 e. The van der Waals surface area contributed by atoms with E-state index in [0.29, 0.717) is 0 Å². The van der Waals surface area contributed by atoms with E-state index >= 15 is 0 Å². The highest BCUT2D eigenvalue weighted by Crippen LogP contribution is 2.17. The van der Waals surface area contributed by atoms with Crippen LogP contribution in [0, 0.1) is 6.92 Å². The second-order valence-corrected chi connectivity index (χ2v) is 3.62. The minimum atomic E-state index is 1.25. The fraction of sp³-hybridized carbons (Fsp3) is 0.0667. The summed E-state index contributed by atoms with van der Waals surface area (Å²) in [6, 6.07) is 8.60. The van der Waals surface area contributed by atoms with Crippen molar-refractivity contribution in [3.8, 4) is 0 Å². The van der Waals surface area contributed by atoms with Gasteiger partial charge in [-0.1, -0.05) is 72.4 Å². The molecule has 0 spiro atoms. The van der Waals surface area contributed by atoms with E-state index in [-0.39, 0.29) is 0 Å². The summed E-state index contributed by atoms with van der Waals surface area (Å²) in [5.74, 6) is 0. The van der Waals surface area contributed by atoms with Gasteiger partial charge in [-0.3, -0.25) is 0 Å². The summed E-state index contributed by atoms with van der Waals surface area (Å²) in [6.07, 6.45) is 14.5. The molecule has 0 atom stereocenters. The summed E-state index contributed by atoms with van der Waals surface area (Å²) >= 11 is 0. The first-order valence-corrected chi connectivity index (χ1v) is 5.15.